The van der Waals surface area contributed by atoms with Gasteiger partial charge in [0.2, 0.25) is 0 Å². The zero-order valence-electron chi connectivity index (χ0n) is 12.0. The van der Waals surface area contributed by atoms with E-state index in [0.29, 0.717) is 15.1 Å². The zero-order chi connectivity index (χ0) is 12.8. The summed E-state index contributed by atoms with van der Waals surface area (Å²) in [5.74, 6) is 0. The van der Waals surface area contributed by atoms with Crippen molar-refractivity contribution in [2.75, 3.05) is 0 Å². The smallest absolute Gasteiger partial charge is 0.0135 e. The molecule has 0 unspecified atom stereocenters. The van der Waals surface area contributed by atoms with E-state index in [4.69, 9.17) is 0 Å². The Kier molecular flexibility index (Phi) is 8.05. The van der Waals surface area contributed by atoms with Crippen molar-refractivity contribution in [3.05, 3.63) is 20.5 Å². The molecule has 1 N–H and O–H groups in total. The van der Waals surface area contributed by atoms with Gasteiger partial charge in [0.25, 0.3) is 0 Å². The molecule has 1 rings (SSSR count). The first-order chi connectivity index (χ1) is 7.30. The number of hydrogen-bond donors (Lipinski definition) is 1. The quantitative estimate of drug-likeness (QED) is 0.771. The van der Waals surface area contributed by atoms with Crippen LogP contribution in [0.4, 0.5) is 0 Å². The van der Waals surface area contributed by atoms with Crippen LogP contribution in [0.15, 0.2) is 20.5 Å². The third kappa shape index (κ3) is 7.76. The second-order valence-corrected chi connectivity index (χ2v) is 9.74. The predicted molar refractivity (Wildman–Crippen MR) is 74.2 cm³/mol. The predicted octanol–water partition coefficient (Wildman–Crippen LogP) is 3.25. The van der Waals surface area contributed by atoms with Crippen molar-refractivity contribution < 1.29 is 23.5 Å². The van der Waals surface area contributed by atoms with Gasteiger partial charge < -0.3 is 0 Å². The monoisotopic (exact) mass is 315 g/mol. The standard InChI is InChI=1S/C7H9.C4H10N.C2H8Si.Zr/c1-6-4-3-5-7(6)2;1-4(2,3)5;1-3-2;/h4H,5H2,1-2H3;5H,1-3H3;3H2,1-2H3;/q;-1;;+1. The second-order valence-electron chi connectivity index (χ2n) is 5.52. The fourth-order valence-corrected chi connectivity index (χ4v) is 4.10. The van der Waals surface area contributed by atoms with Crippen molar-refractivity contribution in [2.45, 2.75) is 59.7 Å². The minimum atomic E-state index is -0.488. The average Bonchev–Trinajstić information content (AvgIpc) is 2.44. The number of allylic oxidation sites excluding steroid dienone is 4. The molecule has 16 heavy (non-hydrogen) atoms. The van der Waals surface area contributed by atoms with E-state index in [2.05, 4.69) is 57.0 Å². The molecule has 1 nitrogen and oxygen atoms in total. The van der Waals surface area contributed by atoms with Crippen LogP contribution in [-0.2, 0) is 23.5 Å². The minimum absolute atomic E-state index is 0.303. The number of rotatable bonds is 2. The fraction of sp³-hybridized carbons (Fsp3) is 0.692. The molecule has 0 bridgehead atoms. The summed E-state index contributed by atoms with van der Waals surface area (Å²) in [6, 6.07) is 0. The zero-order valence-corrected chi connectivity index (χ0v) is 15.9. The fourth-order valence-electron chi connectivity index (χ4n) is 1.21. The summed E-state index contributed by atoms with van der Waals surface area (Å²) in [7, 11) is 0.417. The van der Waals surface area contributed by atoms with Crippen molar-refractivity contribution in [3.8, 4) is 0 Å². The first kappa shape index (κ1) is 16.5. The van der Waals surface area contributed by atoms with Gasteiger partial charge in [0.05, 0.1) is 0 Å². The summed E-state index contributed by atoms with van der Waals surface area (Å²) in [4.78, 5) is 0. The van der Waals surface area contributed by atoms with Crippen LogP contribution in [0.5, 0.6) is 0 Å². The summed E-state index contributed by atoms with van der Waals surface area (Å²) < 4.78 is 5.37. The van der Waals surface area contributed by atoms with Crippen molar-refractivity contribution in [2.24, 2.45) is 0 Å². The molecule has 0 radical (unpaired) electrons. The Bertz CT molecular complexity index is 274. The summed E-state index contributed by atoms with van der Waals surface area (Å²) in [5, 5.41) is 0. The molecule has 0 amide bonds. The Morgan fingerprint density at radius 1 is 1.25 bits per heavy atom. The molecule has 0 heterocycles. The minimum Gasteiger partial charge on any atom is -0.0750 e. The number of nitrogens with one attached hydrogen (secondary N) is 1. The van der Waals surface area contributed by atoms with Crippen molar-refractivity contribution in [1.29, 1.82) is 0 Å². The molecule has 1 aliphatic carbocycles. The van der Waals surface area contributed by atoms with Crippen LogP contribution in [0.2, 0.25) is 13.1 Å². The third-order valence-electron chi connectivity index (χ3n) is 2.12. The molecule has 0 aliphatic heterocycles. The van der Waals surface area contributed by atoms with Crippen molar-refractivity contribution in [1.82, 2.24) is 3.26 Å². The molecule has 0 saturated heterocycles. The van der Waals surface area contributed by atoms with E-state index in [-0.39, 0.29) is 0 Å². The maximum absolute atomic E-state index is 3.68. The van der Waals surface area contributed by atoms with E-state index < -0.39 is 23.5 Å². The summed E-state index contributed by atoms with van der Waals surface area (Å²) >= 11 is -0.488. The van der Waals surface area contributed by atoms with E-state index in [1.807, 2.05) is 0 Å². The first-order valence-electron chi connectivity index (χ1n) is 6.20. The van der Waals surface area contributed by atoms with Crippen molar-refractivity contribution >= 4 is 9.52 Å². The van der Waals surface area contributed by atoms with Gasteiger partial charge in [-0.25, -0.2) is 0 Å². The van der Waals surface area contributed by atoms with Gasteiger partial charge >= 0.3 is 93.9 Å². The van der Waals surface area contributed by atoms with Crippen molar-refractivity contribution in [3.63, 3.8) is 0 Å². The van der Waals surface area contributed by atoms with Crippen LogP contribution in [0.1, 0.15) is 41.0 Å². The second kappa shape index (κ2) is 7.79. The first-order valence-corrected chi connectivity index (χ1v) is 11.5. The molecule has 0 atom stereocenters. The molecule has 0 saturated carbocycles. The summed E-state index contributed by atoms with van der Waals surface area (Å²) in [6.45, 7) is 15.7. The van der Waals surface area contributed by atoms with Crippen LogP contribution in [0.3, 0.4) is 0 Å². The van der Waals surface area contributed by atoms with Crippen LogP contribution in [-0.4, -0.2) is 15.1 Å². The molecular weight excluding hydrogens is 289 g/mol. The van der Waals surface area contributed by atoms with Gasteiger partial charge in [-0.3, -0.25) is 0 Å². The maximum atomic E-state index is 3.68. The molecule has 0 spiro atoms. The Labute approximate surface area is 116 Å². The number of hydrogen-bond acceptors (Lipinski definition) is 1. The third-order valence-corrected chi connectivity index (χ3v) is 5.85. The summed E-state index contributed by atoms with van der Waals surface area (Å²) in [6.07, 6.45) is 3.63. The molecule has 3 heteroatoms. The average molecular weight is 317 g/mol. The molecule has 92 valence electrons. The molecule has 0 aromatic rings. The SMILES string of the molecule is CC1=C(C)C[C]([Zr][NH]C(C)(C)C)=C1.C[SiH2]C. The van der Waals surface area contributed by atoms with Crippen LogP contribution in [0, 0.1) is 0 Å². The Hall–Kier alpha value is 0.540. The Morgan fingerprint density at radius 3 is 2.06 bits per heavy atom. The molecular formula is C13H27NSiZr. The van der Waals surface area contributed by atoms with Crippen LogP contribution < -0.4 is 3.26 Å². The molecule has 0 aromatic heterocycles. The largest absolute Gasteiger partial charge is 0.0750 e. The van der Waals surface area contributed by atoms with Gasteiger partial charge in [-0.05, 0) is 0 Å². The van der Waals surface area contributed by atoms with Gasteiger partial charge in [-0.2, -0.15) is 0 Å². The van der Waals surface area contributed by atoms with E-state index >= 15 is 0 Å². The molecule has 0 fully saturated rings. The Balaban J connectivity index is 0.000000673. The molecule has 0 aromatic carbocycles. The van der Waals surface area contributed by atoms with Gasteiger partial charge in [-0.15, -0.1) is 0 Å². The van der Waals surface area contributed by atoms with E-state index in [1.54, 1.807) is 8.85 Å². The maximum Gasteiger partial charge on any atom is 0.0135 e. The topological polar surface area (TPSA) is 12.0 Å². The van der Waals surface area contributed by atoms with Gasteiger partial charge in [0.15, 0.2) is 0 Å². The van der Waals surface area contributed by atoms with E-state index in [0.717, 1.165) is 0 Å². The molecule has 1 aliphatic rings. The van der Waals surface area contributed by atoms with E-state index in [1.165, 1.54) is 12.0 Å². The van der Waals surface area contributed by atoms with E-state index in [9.17, 15) is 0 Å². The van der Waals surface area contributed by atoms with Gasteiger partial charge in [-0.1, -0.05) is 13.1 Å². The van der Waals surface area contributed by atoms with Gasteiger partial charge in [0, 0.05) is 9.52 Å². The van der Waals surface area contributed by atoms with Crippen LogP contribution >= 0.6 is 0 Å². The Morgan fingerprint density at radius 2 is 1.75 bits per heavy atom. The normalized spacial score (nSPS) is 15.6. The summed E-state index contributed by atoms with van der Waals surface area (Å²) in [5.41, 5.74) is 3.36. The van der Waals surface area contributed by atoms with Gasteiger partial charge in [0.1, 0.15) is 0 Å². The van der Waals surface area contributed by atoms with Crippen LogP contribution in [0.25, 0.3) is 0 Å².